The number of carbonyl (C=O) groups is 1. The molecule has 136 valence electrons. The molecule has 24 heavy (non-hydrogen) atoms. The molecule has 1 N–H and O–H groups in total. The molecule has 3 nitrogen and oxygen atoms in total. The van der Waals surface area contributed by atoms with Gasteiger partial charge in [0.15, 0.2) is 0 Å². The topological polar surface area (TPSA) is 46.5 Å². The van der Waals surface area contributed by atoms with E-state index in [-0.39, 0.29) is 12.1 Å². The Morgan fingerprint density at radius 1 is 1.00 bits per heavy atom. The predicted molar refractivity (Wildman–Crippen MR) is 102 cm³/mol. The van der Waals surface area contributed by atoms with Crippen LogP contribution in [0.4, 0.5) is 0 Å². The van der Waals surface area contributed by atoms with Gasteiger partial charge < -0.3 is 9.84 Å². The molecule has 0 aromatic carbocycles. The van der Waals surface area contributed by atoms with Gasteiger partial charge in [-0.1, -0.05) is 74.8 Å². The number of aliphatic hydroxyl groups excluding tert-OH is 1. The maximum absolute atomic E-state index is 10.9. The van der Waals surface area contributed by atoms with Gasteiger partial charge in [0.1, 0.15) is 0 Å². The van der Waals surface area contributed by atoms with Crippen LogP contribution >= 0.6 is 0 Å². The number of esters is 1. The Balaban J connectivity index is 3.58. The molecular weight excluding hydrogens is 300 g/mol. The van der Waals surface area contributed by atoms with Crippen molar-refractivity contribution in [2.75, 3.05) is 7.11 Å². The number of allylic oxidation sites excluding steroid dienone is 7. The monoisotopic (exact) mass is 334 g/mol. The molecule has 3 heteroatoms. The zero-order valence-corrected chi connectivity index (χ0v) is 15.3. The van der Waals surface area contributed by atoms with Gasteiger partial charge >= 0.3 is 5.97 Å². The van der Waals surface area contributed by atoms with Gasteiger partial charge in [-0.15, -0.1) is 0 Å². The summed E-state index contributed by atoms with van der Waals surface area (Å²) in [6, 6.07) is 0. The molecule has 0 aliphatic heterocycles. The fourth-order valence-electron chi connectivity index (χ4n) is 2.08. The Morgan fingerprint density at radius 2 is 1.71 bits per heavy atom. The molecule has 0 aromatic heterocycles. The van der Waals surface area contributed by atoms with E-state index >= 15 is 0 Å². The Labute approximate surface area is 147 Å². The summed E-state index contributed by atoms with van der Waals surface area (Å²) in [5.41, 5.74) is 0. The zero-order chi connectivity index (χ0) is 17.9. The van der Waals surface area contributed by atoms with Gasteiger partial charge in [-0.2, -0.15) is 0 Å². The van der Waals surface area contributed by atoms with Crippen molar-refractivity contribution in [1.82, 2.24) is 0 Å². The summed E-state index contributed by atoms with van der Waals surface area (Å²) < 4.78 is 4.59. The normalized spacial score (nSPS) is 13.6. The van der Waals surface area contributed by atoms with Crippen molar-refractivity contribution in [3.63, 3.8) is 0 Å². The van der Waals surface area contributed by atoms with E-state index in [0.717, 1.165) is 38.5 Å². The highest BCUT2D eigenvalue weighted by Crippen LogP contribution is 2.04. The minimum Gasteiger partial charge on any atom is -0.469 e. The highest BCUT2D eigenvalue weighted by Gasteiger charge is 1.97. The zero-order valence-electron chi connectivity index (χ0n) is 15.3. The van der Waals surface area contributed by atoms with Crippen molar-refractivity contribution < 1.29 is 14.6 Å². The SMILES string of the molecule is CCCCC[C@H](O)/C=C/C=C\C/C=C/C/C=C\CCCC(=O)OC. The Bertz CT molecular complexity index is 405. The van der Waals surface area contributed by atoms with Crippen LogP contribution < -0.4 is 0 Å². The second kappa shape index (κ2) is 17.7. The summed E-state index contributed by atoms with van der Waals surface area (Å²) in [6.07, 6.45) is 24.3. The maximum atomic E-state index is 10.9. The Morgan fingerprint density at radius 3 is 2.42 bits per heavy atom. The van der Waals surface area contributed by atoms with Crippen LogP contribution in [0, 0.1) is 0 Å². The first-order valence-electron chi connectivity index (χ1n) is 9.08. The highest BCUT2D eigenvalue weighted by molar-refractivity contribution is 5.69. The summed E-state index contributed by atoms with van der Waals surface area (Å²) in [5.74, 6) is -0.141. The predicted octanol–water partition coefficient (Wildman–Crippen LogP) is 5.28. The molecule has 0 bridgehead atoms. The lowest BCUT2D eigenvalue weighted by Gasteiger charge is -2.02. The first-order chi connectivity index (χ1) is 11.7. The molecule has 0 aliphatic rings. The summed E-state index contributed by atoms with van der Waals surface area (Å²) in [4.78, 5) is 10.9. The van der Waals surface area contributed by atoms with Crippen molar-refractivity contribution in [2.45, 2.75) is 70.8 Å². The third kappa shape index (κ3) is 16.8. The van der Waals surface area contributed by atoms with E-state index in [0.29, 0.717) is 6.42 Å². The molecular formula is C21H34O3. The molecule has 0 aromatic rings. The quantitative estimate of drug-likeness (QED) is 0.203. The van der Waals surface area contributed by atoms with Gasteiger partial charge in [0, 0.05) is 6.42 Å². The number of unbranched alkanes of at least 4 members (excludes halogenated alkanes) is 3. The molecule has 1 atom stereocenters. The first kappa shape index (κ1) is 22.4. The number of methoxy groups -OCH3 is 1. The van der Waals surface area contributed by atoms with Crippen molar-refractivity contribution in [2.24, 2.45) is 0 Å². The highest BCUT2D eigenvalue weighted by atomic mass is 16.5. The number of hydrogen-bond acceptors (Lipinski definition) is 3. The lowest BCUT2D eigenvalue weighted by atomic mass is 10.1. The number of rotatable bonds is 14. The average Bonchev–Trinajstić information content (AvgIpc) is 2.58. The van der Waals surface area contributed by atoms with E-state index in [1.165, 1.54) is 20.0 Å². The van der Waals surface area contributed by atoms with Gasteiger partial charge in [-0.05, 0) is 32.1 Å². The van der Waals surface area contributed by atoms with E-state index in [2.05, 4.69) is 42.0 Å². The molecule has 0 amide bonds. The molecule has 0 heterocycles. The van der Waals surface area contributed by atoms with Crippen LogP contribution in [-0.4, -0.2) is 24.3 Å². The minimum atomic E-state index is -0.318. The molecule has 0 unspecified atom stereocenters. The Hall–Kier alpha value is -1.61. The van der Waals surface area contributed by atoms with E-state index in [1.807, 2.05) is 18.2 Å². The smallest absolute Gasteiger partial charge is 0.305 e. The average molecular weight is 335 g/mol. The van der Waals surface area contributed by atoms with Gasteiger partial charge in [0.25, 0.3) is 0 Å². The fourth-order valence-corrected chi connectivity index (χ4v) is 2.08. The summed E-state index contributed by atoms with van der Waals surface area (Å²) in [5, 5.41) is 9.71. The summed E-state index contributed by atoms with van der Waals surface area (Å²) in [6.45, 7) is 2.17. The van der Waals surface area contributed by atoms with Gasteiger partial charge in [0.2, 0.25) is 0 Å². The number of carbonyl (C=O) groups excluding carboxylic acids is 1. The van der Waals surface area contributed by atoms with Crippen molar-refractivity contribution in [3.05, 3.63) is 48.6 Å². The number of ether oxygens (including phenoxy) is 1. The first-order valence-corrected chi connectivity index (χ1v) is 9.08. The molecule has 0 radical (unpaired) electrons. The lowest BCUT2D eigenvalue weighted by Crippen LogP contribution is -2.00. The van der Waals surface area contributed by atoms with Crippen LogP contribution in [0.1, 0.15) is 64.7 Å². The largest absolute Gasteiger partial charge is 0.469 e. The van der Waals surface area contributed by atoms with Crippen LogP contribution in [0.25, 0.3) is 0 Å². The lowest BCUT2D eigenvalue weighted by molar-refractivity contribution is -0.140. The molecule has 0 fully saturated rings. The van der Waals surface area contributed by atoms with Crippen LogP contribution in [0.15, 0.2) is 48.6 Å². The van der Waals surface area contributed by atoms with Crippen molar-refractivity contribution in [1.29, 1.82) is 0 Å². The second-order valence-electron chi connectivity index (χ2n) is 5.76. The minimum absolute atomic E-state index is 0.141. The van der Waals surface area contributed by atoms with E-state index in [9.17, 15) is 9.90 Å². The van der Waals surface area contributed by atoms with Crippen molar-refractivity contribution in [3.8, 4) is 0 Å². The number of aliphatic hydroxyl groups is 1. The van der Waals surface area contributed by atoms with Gasteiger partial charge in [0.05, 0.1) is 13.2 Å². The molecule has 0 aliphatic carbocycles. The van der Waals surface area contributed by atoms with Gasteiger partial charge in [-0.25, -0.2) is 0 Å². The van der Waals surface area contributed by atoms with Crippen LogP contribution in [-0.2, 0) is 9.53 Å². The molecule has 0 rings (SSSR count). The fraction of sp³-hybridized carbons (Fsp3) is 0.571. The second-order valence-corrected chi connectivity index (χ2v) is 5.76. The third-order valence-corrected chi connectivity index (χ3v) is 3.54. The number of hydrogen-bond donors (Lipinski definition) is 1. The summed E-state index contributed by atoms with van der Waals surface area (Å²) in [7, 11) is 1.42. The van der Waals surface area contributed by atoms with E-state index < -0.39 is 0 Å². The third-order valence-electron chi connectivity index (χ3n) is 3.54. The van der Waals surface area contributed by atoms with Crippen LogP contribution in [0.2, 0.25) is 0 Å². The van der Waals surface area contributed by atoms with Crippen molar-refractivity contribution >= 4 is 5.97 Å². The van der Waals surface area contributed by atoms with Gasteiger partial charge in [-0.3, -0.25) is 4.79 Å². The van der Waals surface area contributed by atoms with E-state index in [4.69, 9.17) is 0 Å². The van der Waals surface area contributed by atoms with E-state index in [1.54, 1.807) is 0 Å². The maximum Gasteiger partial charge on any atom is 0.305 e. The Kier molecular flexibility index (Phi) is 16.5. The van der Waals surface area contributed by atoms with Crippen LogP contribution in [0.5, 0.6) is 0 Å². The molecule has 0 saturated carbocycles. The summed E-state index contributed by atoms with van der Waals surface area (Å²) >= 11 is 0. The molecule has 0 saturated heterocycles. The van der Waals surface area contributed by atoms with Crippen LogP contribution in [0.3, 0.4) is 0 Å². The standard InChI is InChI=1S/C21H34O3/c1-3-4-14-17-20(22)18-15-12-10-8-6-5-7-9-11-13-16-19-21(23)24-2/h5-6,9-12,15,18,20,22H,3-4,7-8,13-14,16-17,19H2,1-2H3/b6-5+,11-9-,12-10-,18-15+/t20-/m0/s1. The molecule has 0 spiro atoms.